The highest BCUT2D eigenvalue weighted by Gasteiger charge is 2.01. The van der Waals surface area contributed by atoms with Gasteiger partial charge in [0.15, 0.2) is 0 Å². The number of alkyl halides is 1. The molecule has 0 atom stereocenters. The van der Waals surface area contributed by atoms with Gasteiger partial charge < -0.3 is 5.32 Å². The standard InChI is InChI=1S/C14H12Cl2FN/c15-8-10-2-1-3-12(6-10)18-9-11-4-5-13(16)14(17)7-11/h1-7,18H,8-9H2. The number of benzene rings is 2. The zero-order valence-electron chi connectivity index (χ0n) is 9.59. The molecule has 0 aliphatic heterocycles. The molecule has 0 unspecified atom stereocenters. The minimum absolute atomic E-state index is 0.142. The summed E-state index contributed by atoms with van der Waals surface area (Å²) in [6.45, 7) is 0.541. The van der Waals surface area contributed by atoms with Gasteiger partial charge in [-0.1, -0.05) is 29.8 Å². The number of halogens is 3. The maximum atomic E-state index is 13.2. The summed E-state index contributed by atoms with van der Waals surface area (Å²) in [5, 5.41) is 3.36. The molecule has 0 fully saturated rings. The highest BCUT2D eigenvalue weighted by Crippen LogP contribution is 2.17. The number of hydrogen-bond donors (Lipinski definition) is 1. The zero-order chi connectivity index (χ0) is 13.0. The largest absolute Gasteiger partial charge is 0.381 e. The summed E-state index contributed by atoms with van der Waals surface area (Å²) in [7, 11) is 0. The molecule has 2 aromatic carbocycles. The van der Waals surface area contributed by atoms with Crippen LogP contribution in [0.25, 0.3) is 0 Å². The summed E-state index contributed by atoms with van der Waals surface area (Å²) >= 11 is 11.4. The van der Waals surface area contributed by atoms with Gasteiger partial charge in [-0.2, -0.15) is 0 Å². The second-order valence-corrected chi connectivity index (χ2v) is 4.61. The molecule has 0 aliphatic rings. The molecule has 2 rings (SSSR count). The summed E-state index contributed by atoms with van der Waals surface area (Å²) in [6.07, 6.45) is 0. The molecule has 0 saturated carbocycles. The van der Waals surface area contributed by atoms with Crippen LogP contribution in [0.4, 0.5) is 10.1 Å². The Hall–Kier alpha value is -1.25. The lowest BCUT2D eigenvalue weighted by molar-refractivity contribution is 0.626. The number of hydrogen-bond acceptors (Lipinski definition) is 1. The Morgan fingerprint density at radius 3 is 2.61 bits per heavy atom. The lowest BCUT2D eigenvalue weighted by Crippen LogP contribution is -2.00. The monoisotopic (exact) mass is 283 g/mol. The van der Waals surface area contributed by atoms with Crippen LogP contribution in [0.15, 0.2) is 42.5 Å². The highest BCUT2D eigenvalue weighted by molar-refractivity contribution is 6.30. The van der Waals surface area contributed by atoms with Crippen LogP contribution in [0, 0.1) is 5.82 Å². The molecule has 0 bridgehead atoms. The summed E-state index contributed by atoms with van der Waals surface area (Å²) < 4.78 is 13.2. The van der Waals surface area contributed by atoms with Gasteiger partial charge in [0.05, 0.1) is 5.02 Å². The van der Waals surface area contributed by atoms with Crippen molar-refractivity contribution in [3.05, 3.63) is 64.4 Å². The van der Waals surface area contributed by atoms with Crippen LogP contribution in [0.2, 0.25) is 5.02 Å². The average Bonchev–Trinajstić information content (AvgIpc) is 2.40. The van der Waals surface area contributed by atoms with Crippen LogP contribution < -0.4 is 5.32 Å². The molecule has 18 heavy (non-hydrogen) atoms. The van der Waals surface area contributed by atoms with Crippen molar-refractivity contribution in [3.8, 4) is 0 Å². The molecular weight excluding hydrogens is 272 g/mol. The average molecular weight is 284 g/mol. The van der Waals surface area contributed by atoms with E-state index in [2.05, 4.69) is 5.32 Å². The summed E-state index contributed by atoms with van der Waals surface area (Å²) in [4.78, 5) is 0. The van der Waals surface area contributed by atoms with Gasteiger partial charge in [0.2, 0.25) is 0 Å². The quantitative estimate of drug-likeness (QED) is 0.793. The Balaban J connectivity index is 2.04. The number of rotatable bonds is 4. The van der Waals surface area contributed by atoms with Gasteiger partial charge in [0.1, 0.15) is 5.82 Å². The van der Waals surface area contributed by atoms with Gasteiger partial charge in [-0.3, -0.25) is 0 Å². The molecule has 0 heterocycles. The normalized spacial score (nSPS) is 10.4. The van der Waals surface area contributed by atoms with Crippen molar-refractivity contribution in [1.82, 2.24) is 0 Å². The molecule has 4 heteroatoms. The number of anilines is 1. The first-order valence-electron chi connectivity index (χ1n) is 5.52. The van der Waals surface area contributed by atoms with Crippen LogP contribution in [0.5, 0.6) is 0 Å². The van der Waals surface area contributed by atoms with E-state index in [9.17, 15) is 4.39 Å². The molecule has 0 saturated heterocycles. The Morgan fingerprint density at radius 1 is 1.06 bits per heavy atom. The predicted octanol–water partition coefficient (Wildman–Crippen LogP) is 4.83. The summed E-state index contributed by atoms with van der Waals surface area (Å²) in [6, 6.07) is 12.6. The smallest absolute Gasteiger partial charge is 0.142 e. The van der Waals surface area contributed by atoms with Crippen LogP contribution in [-0.2, 0) is 12.4 Å². The number of nitrogens with one attached hydrogen (secondary N) is 1. The van der Waals surface area contributed by atoms with Gasteiger partial charge >= 0.3 is 0 Å². The van der Waals surface area contributed by atoms with Gasteiger partial charge in [0.25, 0.3) is 0 Å². The Kier molecular flexibility index (Phi) is 4.45. The van der Waals surface area contributed by atoms with E-state index >= 15 is 0 Å². The molecule has 1 N–H and O–H groups in total. The Morgan fingerprint density at radius 2 is 1.89 bits per heavy atom. The maximum absolute atomic E-state index is 13.2. The Labute approximate surface area is 116 Å². The van der Waals surface area contributed by atoms with E-state index in [1.54, 1.807) is 12.1 Å². The third kappa shape index (κ3) is 3.37. The van der Waals surface area contributed by atoms with Gasteiger partial charge in [-0.05, 0) is 35.4 Å². The lowest BCUT2D eigenvalue weighted by atomic mass is 10.2. The lowest BCUT2D eigenvalue weighted by Gasteiger charge is -2.08. The molecule has 94 valence electrons. The maximum Gasteiger partial charge on any atom is 0.142 e. The predicted molar refractivity (Wildman–Crippen MR) is 74.7 cm³/mol. The first kappa shape index (κ1) is 13.2. The third-order valence-electron chi connectivity index (χ3n) is 2.56. The van der Waals surface area contributed by atoms with Gasteiger partial charge in [-0.25, -0.2) is 4.39 Å². The second kappa shape index (κ2) is 6.07. The minimum atomic E-state index is -0.398. The van der Waals surface area contributed by atoms with Crippen molar-refractivity contribution in [2.45, 2.75) is 12.4 Å². The fraction of sp³-hybridized carbons (Fsp3) is 0.143. The minimum Gasteiger partial charge on any atom is -0.381 e. The van der Waals surface area contributed by atoms with Gasteiger partial charge in [0, 0.05) is 18.1 Å². The van der Waals surface area contributed by atoms with Crippen LogP contribution in [0.1, 0.15) is 11.1 Å². The van der Waals surface area contributed by atoms with Crippen molar-refractivity contribution < 1.29 is 4.39 Å². The van der Waals surface area contributed by atoms with E-state index in [0.717, 1.165) is 16.8 Å². The topological polar surface area (TPSA) is 12.0 Å². The SMILES string of the molecule is Fc1cc(CNc2cccc(CCl)c2)ccc1Cl. The van der Waals surface area contributed by atoms with Gasteiger partial charge in [-0.15, -0.1) is 11.6 Å². The molecule has 2 aromatic rings. The van der Waals surface area contributed by atoms with Crippen molar-refractivity contribution in [2.75, 3.05) is 5.32 Å². The molecule has 0 aromatic heterocycles. The molecule has 0 amide bonds. The Bertz CT molecular complexity index is 543. The zero-order valence-corrected chi connectivity index (χ0v) is 11.1. The van der Waals surface area contributed by atoms with E-state index in [-0.39, 0.29) is 5.02 Å². The molecule has 1 nitrogen and oxygen atoms in total. The van der Waals surface area contributed by atoms with Crippen molar-refractivity contribution in [1.29, 1.82) is 0 Å². The van der Waals surface area contributed by atoms with Crippen molar-refractivity contribution >= 4 is 28.9 Å². The first-order chi connectivity index (χ1) is 8.69. The first-order valence-corrected chi connectivity index (χ1v) is 6.43. The van der Waals surface area contributed by atoms with Crippen molar-refractivity contribution in [3.63, 3.8) is 0 Å². The van der Waals surface area contributed by atoms with Crippen LogP contribution in [-0.4, -0.2) is 0 Å². The van der Waals surface area contributed by atoms with Crippen LogP contribution in [0.3, 0.4) is 0 Å². The third-order valence-corrected chi connectivity index (χ3v) is 3.18. The summed E-state index contributed by atoms with van der Waals surface area (Å²) in [5.41, 5.74) is 2.85. The molecular formula is C14H12Cl2FN. The fourth-order valence-electron chi connectivity index (χ4n) is 1.62. The van der Waals surface area contributed by atoms with E-state index in [4.69, 9.17) is 23.2 Å². The van der Waals surface area contributed by atoms with Crippen molar-refractivity contribution in [2.24, 2.45) is 0 Å². The van der Waals surface area contributed by atoms with Crippen LogP contribution >= 0.6 is 23.2 Å². The molecule has 0 spiro atoms. The highest BCUT2D eigenvalue weighted by atomic mass is 35.5. The fourth-order valence-corrected chi connectivity index (χ4v) is 1.90. The van der Waals surface area contributed by atoms with E-state index < -0.39 is 5.82 Å². The van der Waals surface area contributed by atoms with E-state index in [1.807, 2.05) is 24.3 Å². The van der Waals surface area contributed by atoms with E-state index in [0.29, 0.717) is 12.4 Å². The second-order valence-electron chi connectivity index (χ2n) is 3.94. The molecule has 0 radical (unpaired) electrons. The van der Waals surface area contributed by atoms with E-state index in [1.165, 1.54) is 6.07 Å². The summed E-state index contributed by atoms with van der Waals surface area (Å²) in [5.74, 6) is 0.0796. The molecule has 0 aliphatic carbocycles.